The summed E-state index contributed by atoms with van der Waals surface area (Å²) in [5, 5.41) is 17.2. The SMILES string of the molecule is O=C(O)c1ccccc1C(=O)NC1(CCc2c[nH]c3ccccc23)CCNCC1. The molecular weight excluding hydrogens is 366 g/mol. The predicted molar refractivity (Wildman–Crippen MR) is 112 cm³/mol. The number of carboxylic acids is 1. The van der Waals surface area contributed by atoms with E-state index < -0.39 is 5.97 Å². The van der Waals surface area contributed by atoms with Gasteiger partial charge in [0.05, 0.1) is 11.1 Å². The van der Waals surface area contributed by atoms with E-state index in [1.807, 2.05) is 18.3 Å². The van der Waals surface area contributed by atoms with Crippen LogP contribution in [0.3, 0.4) is 0 Å². The van der Waals surface area contributed by atoms with E-state index >= 15 is 0 Å². The highest BCUT2D eigenvalue weighted by atomic mass is 16.4. The summed E-state index contributed by atoms with van der Waals surface area (Å²) >= 11 is 0. The van der Waals surface area contributed by atoms with Crippen LogP contribution in [0, 0.1) is 0 Å². The number of hydrogen-bond acceptors (Lipinski definition) is 3. The number of aromatic carboxylic acids is 1. The maximum Gasteiger partial charge on any atom is 0.336 e. The van der Waals surface area contributed by atoms with Crippen molar-refractivity contribution in [2.75, 3.05) is 13.1 Å². The zero-order valence-electron chi connectivity index (χ0n) is 16.2. The van der Waals surface area contributed by atoms with Crippen LogP contribution >= 0.6 is 0 Å². The Morgan fingerprint density at radius 3 is 2.45 bits per heavy atom. The smallest absolute Gasteiger partial charge is 0.336 e. The van der Waals surface area contributed by atoms with Crippen LogP contribution < -0.4 is 10.6 Å². The number of nitrogens with one attached hydrogen (secondary N) is 3. The van der Waals surface area contributed by atoms with Crippen molar-refractivity contribution in [3.05, 3.63) is 71.4 Å². The van der Waals surface area contributed by atoms with Gasteiger partial charge in [0.1, 0.15) is 0 Å². The number of carboxylic acid groups (broad SMARTS) is 1. The van der Waals surface area contributed by atoms with Gasteiger partial charge >= 0.3 is 5.97 Å². The summed E-state index contributed by atoms with van der Waals surface area (Å²) in [6.45, 7) is 1.66. The maximum atomic E-state index is 13.0. The lowest BCUT2D eigenvalue weighted by Crippen LogP contribution is -2.54. The van der Waals surface area contributed by atoms with Crippen LogP contribution in [0.4, 0.5) is 0 Å². The van der Waals surface area contributed by atoms with Crippen LogP contribution in [0.1, 0.15) is 45.5 Å². The molecule has 6 nitrogen and oxygen atoms in total. The van der Waals surface area contributed by atoms with Crippen molar-refractivity contribution in [3.8, 4) is 0 Å². The molecule has 0 atom stereocenters. The molecule has 0 saturated carbocycles. The molecule has 0 aliphatic carbocycles. The van der Waals surface area contributed by atoms with Crippen molar-refractivity contribution >= 4 is 22.8 Å². The van der Waals surface area contributed by atoms with E-state index in [1.54, 1.807) is 18.2 Å². The number of fused-ring (bicyclic) bond motifs is 1. The Labute approximate surface area is 169 Å². The van der Waals surface area contributed by atoms with E-state index in [-0.39, 0.29) is 22.6 Å². The van der Waals surface area contributed by atoms with E-state index in [4.69, 9.17) is 0 Å². The quantitative estimate of drug-likeness (QED) is 0.518. The number of rotatable bonds is 6. The Hall–Kier alpha value is -3.12. The number of piperidine rings is 1. The Morgan fingerprint density at radius 2 is 1.69 bits per heavy atom. The van der Waals surface area contributed by atoms with Gasteiger partial charge in [0, 0.05) is 22.6 Å². The van der Waals surface area contributed by atoms with Gasteiger partial charge in [0.2, 0.25) is 0 Å². The number of carbonyl (C=O) groups excluding carboxylic acids is 1. The van der Waals surface area contributed by atoms with Gasteiger partial charge in [0.15, 0.2) is 0 Å². The Morgan fingerprint density at radius 1 is 1.00 bits per heavy atom. The lowest BCUT2D eigenvalue weighted by Gasteiger charge is -2.39. The number of hydrogen-bond donors (Lipinski definition) is 4. The average molecular weight is 391 g/mol. The molecule has 1 saturated heterocycles. The zero-order chi connectivity index (χ0) is 20.3. The van der Waals surface area contributed by atoms with Crippen molar-refractivity contribution in [1.29, 1.82) is 0 Å². The first-order chi connectivity index (χ1) is 14.1. The lowest BCUT2D eigenvalue weighted by molar-refractivity contribution is 0.0687. The summed E-state index contributed by atoms with van der Waals surface area (Å²) in [6, 6.07) is 14.6. The van der Waals surface area contributed by atoms with Crippen molar-refractivity contribution in [2.24, 2.45) is 0 Å². The van der Waals surface area contributed by atoms with Gasteiger partial charge in [-0.3, -0.25) is 4.79 Å². The third-order valence-corrected chi connectivity index (χ3v) is 5.89. The van der Waals surface area contributed by atoms with Gasteiger partial charge in [0.25, 0.3) is 5.91 Å². The summed E-state index contributed by atoms with van der Waals surface area (Å²) in [5.74, 6) is -1.40. The van der Waals surface area contributed by atoms with Crippen LogP contribution in [0.2, 0.25) is 0 Å². The highest BCUT2D eigenvalue weighted by molar-refractivity contribution is 6.05. The van der Waals surface area contributed by atoms with E-state index in [1.165, 1.54) is 17.0 Å². The second-order valence-electron chi connectivity index (χ2n) is 7.69. The van der Waals surface area contributed by atoms with E-state index in [0.717, 1.165) is 44.3 Å². The Bertz CT molecular complexity index is 1030. The molecule has 0 spiro atoms. The first kappa shape index (κ1) is 19.2. The second-order valence-corrected chi connectivity index (χ2v) is 7.69. The topological polar surface area (TPSA) is 94.2 Å². The van der Waals surface area contributed by atoms with Crippen molar-refractivity contribution < 1.29 is 14.7 Å². The van der Waals surface area contributed by atoms with Gasteiger partial charge in [-0.05, 0) is 62.5 Å². The molecule has 3 aromatic rings. The Balaban J connectivity index is 1.55. The number of para-hydroxylation sites is 1. The molecule has 2 aromatic carbocycles. The van der Waals surface area contributed by atoms with Crippen molar-refractivity contribution in [3.63, 3.8) is 0 Å². The number of H-pyrrole nitrogens is 1. The standard InChI is InChI=1S/C23H25N3O3/c27-21(18-6-1-2-7-19(18)22(28)29)26-23(11-13-24-14-12-23)10-9-16-15-25-20-8-4-3-5-17(16)20/h1-8,15,24-25H,9-14H2,(H,26,27)(H,28,29). The molecule has 150 valence electrons. The molecule has 0 bridgehead atoms. The minimum atomic E-state index is -1.09. The second kappa shape index (κ2) is 8.09. The third-order valence-electron chi connectivity index (χ3n) is 5.89. The van der Waals surface area contributed by atoms with Crippen LogP contribution in [0.25, 0.3) is 10.9 Å². The lowest BCUT2D eigenvalue weighted by atomic mass is 9.82. The fourth-order valence-corrected chi connectivity index (χ4v) is 4.23. The third kappa shape index (κ3) is 4.03. The molecular formula is C23H25N3O3. The summed E-state index contributed by atoms with van der Waals surface area (Å²) < 4.78 is 0. The number of aromatic amines is 1. The minimum Gasteiger partial charge on any atom is -0.478 e. The van der Waals surface area contributed by atoms with E-state index in [0.29, 0.717) is 0 Å². The Kier molecular flexibility index (Phi) is 5.36. The summed E-state index contributed by atoms with van der Waals surface area (Å²) in [6.07, 6.45) is 5.32. The van der Waals surface area contributed by atoms with Gasteiger partial charge < -0.3 is 20.7 Å². The first-order valence-corrected chi connectivity index (χ1v) is 9.99. The molecule has 4 N–H and O–H groups in total. The molecule has 1 aliphatic rings. The minimum absolute atomic E-state index is 0.0331. The van der Waals surface area contributed by atoms with Gasteiger partial charge in [-0.1, -0.05) is 30.3 Å². The number of aryl methyl sites for hydroxylation is 1. The largest absolute Gasteiger partial charge is 0.478 e. The maximum absolute atomic E-state index is 13.0. The zero-order valence-corrected chi connectivity index (χ0v) is 16.2. The molecule has 1 aliphatic heterocycles. The van der Waals surface area contributed by atoms with E-state index in [2.05, 4.69) is 27.8 Å². The van der Waals surface area contributed by atoms with Gasteiger partial charge in [-0.15, -0.1) is 0 Å². The molecule has 6 heteroatoms. The van der Waals surface area contributed by atoms with Crippen LogP contribution in [0.15, 0.2) is 54.7 Å². The normalized spacial score (nSPS) is 15.9. The van der Waals surface area contributed by atoms with Crippen molar-refractivity contribution in [1.82, 2.24) is 15.6 Å². The molecule has 0 radical (unpaired) electrons. The number of carbonyl (C=O) groups is 2. The molecule has 2 heterocycles. The van der Waals surface area contributed by atoms with Gasteiger partial charge in [-0.2, -0.15) is 0 Å². The molecule has 1 aromatic heterocycles. The first-order valence-electron chi connectivity index (χ1n) is 9.99. The van der Waals surface area contributed by atoms with Crippen LogP contribution in [0.5, 0.6) is 0 Å². The monoisotopic (exact) mass is 391 g/mol. The summed E-state index contributed by atoms with van der Waals surface area (Å²) in [7, 11) is 0. The fourth-order valence-electron chi connectivity index (χ4n) is 4.23. The highest BCUT2D eigenvalue weighted by Gasteiger charge is 2.34. The van der Waals surface area contributed by atoms with Crippen LogP contribution in [-0.4, -0.2) is 40.6 Å². The molecule has 1 fully saturated rings. The number of benzene rings is 2. The van der Waals surface area contributed by atoms with E-state index in [9.17, 15) is 14.7 Å². The summed E-state index contributed by atoms with van der Waals surface area (Å²) in [5.41, 5.74) is 2.24. The average Bonchev–Trinajstić information content (AvgIpc) is 3.16. The van der Waals surface area contributed by atoms with Crippen LogP contribution in [-0.2, 0) is 6.42 Å². The highest BCUT2D eigenvalue weighted by Crippen LogP contribution is 2.28. The number of amides is 1. The molecule has 1 amide bonds. The fraction of sp³-hybridized carbons (Fsp3) is 0.304. The predicted octanol–water partition coefficient (Wildman–Crippen LogP) is 3.35. The van der Waals surface area contributed by atoms with Gasteiger partial charge in [-0.25, -0.2) is 4.79 Å². The molecule has 29 heavy (non-hydrogen) atoms. The number of aromatic nitrogens is 1. The molecule has 4 rings (SSSR count). The summed E-state index contributed by atoms with van der Waals surface area (Å²) in [4.78, 5) is 27.8. The molecule has 0 unspecified atom stereocenters. The van der Waals surface area contributed by atoms with Crippen molar-refractivity contribution in [2.45, 2.75) is 31.2 Å².